The van der Waals surface area contributed by atoms with Crippen molar-refractivity contribution in [2.75, 3.05) is 26.2 Å². The van der Waals surface area contributed by atoms with E-state index in [0.29, 0.717) is 17.1 Å². The lowest BCUT2D eigenvalue weighted by Gasteiger charge is -2.26. The van der Waals surface area contributed by atoms with Gasteiger partial charge in [-0.2, -0.15) is 0 Å². The largest absolute Gasteiger partial charge is 0.507 e. The first-order valence-corrected chi connectivity index (χ1v) is 11.2. The molecular formula is C27H22ClNO7. The smallest absolute Gasteiger partial charge is 0.337 e. The molecule has 3 aromatic carbocycles. The number of halogens is 1. The van der Waals surface area contributed by atoms with Crippen LogP contribution in [0.2, 0.25) is 5.02 Å². The van der Waals surface area contributed by atoms with Gasteiger partial charge in [-0.15, -0.1) is 0 Å². The van der Waals surface area contributed by atoms with Crippen molar-refractivity contribution < 1.29 is 33.7 Å². The van der Waals surface area contributed by atoms with Gasteiger partial charge >= 0.3 is 5.97 Å². The number of hydrogen-bond acceptors (Lipinski definition) is 7. The van der Waals surface area contributed by atoms with E-state index in [1.54, 1.807) is 42.5 Å². The lowest BCUT2D eigenvalue weighted by Crippen LogP contribution is -2.29. The fourth-order valence-electron chi connectivity index (χ4n) is 4.07. The lowest BCUT2D eigenvalue weighted by atomic mass is 9.95. The SMILES string of the molecule is COC(=O)c1cccc(N2C(=O)C(=O)/C(=C(/O)c3ccc(OC)c(Cl)c3)C2c2ccc(OC)cc2)c1. The molecule has 1 saturated heterocycles. The van der Waals surface area contributed by atoms with Crippen molar-refractivity contribution in [2.24, 2.45) is 0 Å². The first-order chi connectivity index (χ1) is 17.3. The van der Waals surface area contributed by atoms with Crippen LogP contribution >= 0.6 is 11.6 Å². The molecule has 1 fully saturated rings. The van der Waals surface area contributed by atoms with Crippen LogP contribution in [0.3, 0.4) is 0 Å². The zero-order valence-corrected chi connectivity index (χ0v) is 20.4. The number of aliphatic hydroxyl groups excluding tert-OH is 1. The number of benzene rings is 3. The molecule has 0 radical (unpaired) electrons. The third-order valence-electron chi connectivity index (χ3n) is 5.85. The Balaban J connectivity index is 1.93. The predicted octanol–water partition coefficient (Wildman–Crippen LogP) is 4.77. The van der Waals surface area contributed by atoms with Gasteiger partial charge in [0.1, 0.15) is 17.3 Å². The number of methoxy groups -OCH3 is 3. The minimum absolute atomic E-state index is 0.130. The summed E-state index contributed by atoms with van der Waals surface area (Å²) in [5.41, 5.74) is 1.13. The number of amides is 1. The zero-order valence-electron chi connectivity index (χ0n) is 19.7. The number of ether oxygens (including phenoxy) is 3. The maximum absolute atomic E-state index is 13.3. The molecule has 1 amide bonds. The Morgan fingerprint density at radius 1 is 0.917 bits per heavy atom. The summed E-state index contributed by atoms with van der Waals surface area (Å²) in [7, 11) is 4.23. The number of anilines is 1. The average molecular weight is 508 g/mol. The number of nitrogens with zero attached hydrogens (tertiary/aromatic N) is 1. The molecule has 0 aliphatic carbocycles. The molecule has 1 N–H and O–H groups in total. The van der Waals surface area contributed by atoms with Crippen LogP contribution in [0.1, 0.15) is 27.5 Å². The van der Waals surface area contributed by atoms with Crippen molar-refractivity contribution in [3.63, 3.8) is 0 Å². The van der Waals surface area contributed by atoms with E-state index in [0.717, 1.165) is 0 Å². The number of hydrogen-bond donors (Lipinski definition) is 1. The van der Waals surface area contributed by atoms with Gasteiger partial charge < -0.3 is 19.3 Å². The number of esters is 1. The van der Waals surface area contributed by atoms with Crippen LogP contribution in [-0.4, -0.2) is 44.1 Å². The number of ketones is 1. The first-order valence-electron chi connectivity index (χ1n) is 10.8. The van der Waals surface area contributed by atoms with Gasteiger partial charge in [0.15, 0.2) is 0 Å². The van der Waals surface area contributed by atoms with E-state index in [-0.39, 0.29) is 27.4 Å². The second kappa shape index (κ2) is 10.1. The topological polar surface area (TPSA) is 102 Å². The molecule has 1 aliphatic rings. The lowest BCUT2D eigenvalue weighted by molar-refractivity contribution is -0.132. The quantitative estimate of drug-likeness (QED) is 0.222. The third kappa shape index (κ3) is 4.38. The van der Waals surface area contributed by atoms with Crippen molar-refractivity contribution in [2.45, 2.75) is 6.04 Å². The van der Waals surface area contributed by atoms with E-state index in [9.17, 15) is 19.5 Å². The maximum atomic E-state index is 13.3. The van der Waals surface area contributed by atoms with Gasteiger partial charge in [0, 0.05) is 11.3 Å². The highest BCUT2D eigenvalue weighted by atomic mass is 35.5. The summed E-state index contributed by atoms with van der Waals surface area (Å²) in [6.07, 6.45) is 0. The molecule has 1 unspecified atom stereocenters. The van der Waals surface area contributed by atoms with E-state index in [1.165, 1.54) is 50.5 Å². The van der Waals surface area contributed by atoms with Crippen molar-refractivity contribution in [3.05, 3.63) is 94.0 Å². The molecule has 9 heteroatoms. The predicted molar refractivity (Wildman–Crippen MR) is 134 cm³/mol. The molecule has 1 heterocycles. The van der Waals surface area contributed by atoms with E-state index in [4.69, 9.17) is 25.8 Å². The number of aliphatic hydroxyl groups is 1. The van der Waals surface area contributed by atoms with E-state index in [2.05, 4.69) is 0 Å². The summed E-state index contributed by atoms with van der Waals surface area (Å²) in [5.74, 6) is -1.78. The fourth-order valence-corrected chi connectivity index (χ4v) is 4.33. The van der Waals surface area contributed by atoms with Crippen LogP contribution in [-0.2, 0) is 14.3 Å². The van der Waals surface area contributed by atoms with Crippen molar-refractivity contribution in [3.8, 4) is 11.5 Å². The molecule has 0 spiro atoms. The molecular weight excluding hydrogens is 486 g/mol. The summed E-state index contributed by atoms with van der Waals surface area (Å²) in [5, 5.41) is 11.5. The van der Waals surface area contributed by atoms with E-state index >= 15 is 0 Å². The highest BCUT2D eigenvalue weighted by Gasteiger charge is 2.47. The van der Waals surface area contributed by atoms with E-state index in [1.807, 2.05) is 0 Å². The summed E-state index contributed by atoms with van der Waals surface area (Å²) in [4.78, 5) is 40.0. The maximum Gasteiger partial charge on any atom is 0.337 e. The van der Waals surface area contributed by atoms with Crippen molar-refractivity contribution in [1.82, 2.24) is 0 Å². The molecule has 4 rings (SSSR count). The summed E-state index contributed by atoms with van der Waals surface area (Å²) in [6, 6.07) is 16.5. The van der Waals surface area contributed by atoms with Crippen molar-refractivity contribution in [1.29, 1.82) is 0 Å². The van der Waals surface area contributed by atoms with Gasteiger partial charge in [0.25, 0.3) is 11.7 Å². The standard InChI is InChI=1S/C27H22ClNO7/c1-34-19-10-7-15(8-11-19)23-22(24(30)16-9-12-21(35-2)20(28)14-16)25(31)26(32)29(23)18-6-4-5-17(13-18)27(33)36-3/h4-14,23,30H,1-3H3/b24-22+. The second-order valence-corrected chi connectivity index (χ2v) is 8.24. The van der Waals surface area contributed by atoms with Gasteiger partial charge in [0.05, 0.1) is 43.5 Å². The summed E-state index contributed by atoms with van der Waals surface area (Å²) >= 11 is 6.24. The molecule has 0 saturated carbocycles. The van der Waals surface area contributed by atoms with Gasteiger partial charge in [-0.1, -0.05) is 29.8 Å². The monoisotopic (exact) mass is 507 g/mol. The Hall–Kier alpha value is -4.30. The normalized spacial score (nSPS) is 16.7. The fraction of sp³-hybridized carbons (Fsp3) is 0.148. The number of carbonyl (C=O) groups excluding carboxylic acids is 3. The highest BCUT2D eigenvalue weighted by molar-refractivity contribution is 6.51. The molecule has 0 aromatic heterocycles. The average Bonchev–Trinajstić information content (AvgIpc) is 3.17. The zero-order chi connectivity index (χ0) is 26.0. The minimum Gasteiger partial charge on any atom is -0.507 e. The van der Waals surface area contributed by atoms with Crippen molar-refractivity contribution >= 4 is 40.7 Å². The second-order valence-electron chi connectivity index (χ2n) is 7.83. The Morgan fingerprint density at radius 2 is 1.64 bits per heavy atom. The molecule has 0 bridgehead atoms. The summed E-state index contributed by atoms with van der Waals surface area (Å²) in [6.45, 7) is 0. The minimum atomic E-state index is -0.996. The van der Waals surface area contributed by atoms with Crippen LogP contribution in [0.25, 0.3) is 5.76 Å². The molecule has 1 aliphatic heterocycles. The van der Waals surface area contributed by atoms with Crippen LogP contribution in [0.5, 0.6) is 11.5 Å². The Morgan fingerprint density at radius 3 is 2.25 bits per heavy atom. The molecule has 1 atom stereocenters. The molecule has 8 nitrogen and oxygen atoms in total. The van der Waals surface area contributed by atoms with Gasteiger partial charge in [-0.3, -0.25) is 14.5 Å². The third-order valence-corrected chi connectivity index (χ3v) is 6.14. The Kier molecular flexibility index (Phi) is 6.98. The highest BCUT2D eigenvalue weighted by Crippen LogP contribution is 2.43. The van der Waals surface area contributed by atoms with Crippen LogP contribution in [0, 0.1) is 0 Å². The summed E-state index contributed by atoms with van der Waals surface area (Å²) < 4.78 is 15.2. The first kappa shape index (κ1) is 24.8. The van der Waals surface area contributed by atoms with Gasteiger partial charge in [0.2, 0.25) is 0 Å². The molecule has 3 aromatic rings. The van der Waals surface area contributed by atoms with E-state index < -0.39 is 29.5 Å². The van der Waals surface area contributed by atoms with Gasteiger partial charge in [-0.05, 0) is 54.1 Å². The van der Waals surface area contributed by atoms with Gasteiger partial charge in [-0.25, -0.2) is 4.79 Å². The number of rotatable bonds is 6. The molecule has 184 valence electrons. The van der Waals surface area contributed by atoms with Crippen LogP contribution < -0.4 is 14.4 Å². The van der Waals surface area contributed by atoms with Crippen LogP contribution in [0.4, 0.5) is 5.69 Å². The molecule has 36 heavy (non-hydrogen) atoms. The number of Topliss-reactive ketones (excluding diaryl/α,β-unsaturated/α-hetero) is 1. The Bertz CT molecular complexity index is 1380. The Labute approximate surface area is 212 Å². The van der Waals surface area contributed by atoms with Crippen LogP contribution in [0.15, 0.2) is 72.3 Å². The number of carbonyl (C=O) groups is 3.